The first-order valence-electron chi connectivity index (χ1n) is 5.17. The van der Waals surface area contributed by atoms with Crippen LogP contribution in [0.15, 0.2) is 0 Å². The van der Waals surface area contributed by atoms with Gasteiger partial charge in [0.1, 0.15) is 0 Å². The predicted molar refractivity (Wildman–Crippen MR) is 53.7 cm³/mol. The van der Waals surface area contributed by atoms with Gasteiger partial charge in [0.05, 0.1) is 12.7 Å². The minimum atomic E-state index is -1.88. The van der Waals surface area contributed by atoms with Crippen LogP contribution in [-0.2, 0) is 14.2 Å². The molecule has 0 aromatic rings. The molecule has 0 bridgehead atoms. The number of ether oxygens (including phenoxy) is 3. The predicted octanol–water partition coefficient (Wildman–Crippen LogP) is 1.87. The first-order valence-corrected chi connectivity index (χ1v) is 5.17. The maximum Gasteiger partial charge on any atom is 0.410 e. The van der Waals surface area contributed by atoms with E-state index in [0.29, 0.717) is 6.61 Å². The van der Waals surface area contributed by atoms with Crippen molar-refractivity contribution in [3.05, 3.63) is 0 Å². The Balaban J connectivity index is 3.90. The Labute approximate surface area is 86.2 Å². The van der Waals surface area contributed by atoms with Crippen LogP contribution >= 0.6 is 0 Å². The molecular formula is C10H22O4. The summed E-state index contributed by atoms with van der Waals surface area (Å²) >= 11 is 0. The molecule has 2 atom stereocenters. The zero-order valence-corrected chi connectivity index (χ0v) is 9.58. The maximum atomic E-state index is 9.68. The van der Waals surface area contributed by atoms with E-state index in [0.717, 1.165) is 19.3 Å². The number of hydrogen-bond donors (Lipinski definition) is 1. The molecule has 0 rings (SSSR count). The van der Waals surface area contributed by atoms with E-state index in [9.17, 15) is 5.11 Å². The summed E-state index contributed by atoms with van der Waals surface area (Å²) in [5, 5.41) is 9.68. The van der Waals surface area contributed by atoms with E-state index in [-0.39, 0.29) is 6.10 Å². The Morgan fingerprint density at radius 3 is 2.43 bits per heavy atom. The summed E-state index contributed by atoms with van der Waals surface area (Å²) < 4.78 is 15.1. The lowest BCUT2D eigenvalue weighted by molar-refractivity contribution is -0.487. The second-order valence-electron chi connectivity index (χ2n) is 3.27. The van der Waals surface area contributed by atoms with Crippen molar-refractivity contribution in [2.45, 2.75) is 52.3 Å². The summed E-state index contributed by atoms with van der Waals surface area (Å²) in [5.74, 6) is 0. The smallest absolute Gasteiger partial charge is 0.319 e. The average molecular weight is 206 g/mol. The molecule has 14 heavy (non-hydrogen) atoms. The summed E-state index contributed by atoms with van der Waals surface area (Å²) in [6.45, 7) is 6.29. The minimum Gasteiger partial charge on any atom is -0.319 e. The molecule has 0 amide bonds. The summed E-state index contributed by atoms with van der Waals surface area (Å²) in [4.78, 5) is 0. The van der Waals surface area contributed by atoms with E-state index in [1.54, 1.807) is 0 Å². The Kier molecular flexibility index (Phi) is 7.09. The summed E-state index contributed by atoms with van der Waals surface area (Å²) in [5.41, 5.74) is 0. The van der Waals surface area contributed by atoms with Gasteiger partial charge < -0.3 is 19.3 Å². The van der Waals surface area contributed by atoms with Crippen molar-refractivity contribution in [3.8, 4) is 0 Å². The van der Waals surface area contributed by atoms with Gasteiger partial charge >= 0.3 is 6.16 Å². The molecule has 2 unspecified atom stereocenters. The van der Waals surface area contributed by atoms with E-state index in [2.05, 4.69) is 0 Å². The van der Waals surface area contributed by atoms with Gasteiger partial charge in [0, 0.05) is 7.11 Å². The highest BCUT2D eigenvalue weighted by atomic mass is 17.0. The van der Waals surface area contributed by atoms with Crippen LogP contribution in [-0.4, -0.2) is 31.1 Å². The largest absolute Gasteiger partial charge is 0.410 e. The third-order valence-electron chi connectivity index (χ3n) is 1.97. The Morgan fingerprint density at radius 1 is 1.36 bits per heavy atom. The van der Waals surface area contributed by atoms with Crippen LogP contribution in [0.2, 0.25) is 0 Å². The molecule has 0 fully saturated rings. The average Bonchev–Trinajstić information content (AvgIpc) is 2.18. The van der Waals surface area contributed by atoms with Gasteiger partial charge in [-0.2, -0.15) is 0 Å². The van der Waals surface area contributed by atoms with E-state index in [1.807, 2.05) is 20.8 Å². The fraction of sp³-hybridized carbons (Fsp3) is 1.00. The molecule has 0 radical (unpaired) electrons. The fourth-order valence-corrected chi connectivity index (χ4v) is 0.824. The van der Waals surface area contributed by atoms with Gasteiger partial charge in [-0.1, -0.05) is 20.3 Å². The van der Waals surface area contributed by atoms with Crippen LogP contribution in [0.5, 0.6) is 0 Å². The van der Waals surface area contributed by atoms with E-state index >= 15 is 0 Å². The molecule has 0 aliphatic rings. The quantitative estimate of drug-likeness (QED) is 0.486. The first-order chi connectivity index (χ1) is 6.58. The van der Waals surface area contributed by atoms with Crippen molar-refractivity contribution in [2.75, 3.05) is 13.7 Å². The molecule has 0 spiro atoms. The van der Waals surface area contributed by atoms with E-state index < -0.39 is 6.16 Å². The Morgan fingerprint density at radius 2 is 2.00 bits per heavy atom. The lowest BCUT2D eigenvalue weighted by Gasteiger charge is -2.28. The summed E-state index contributed by atoms with van der Waals surface area (Å²) in [7, 11) is 1.36. The van der Waals surface area contributed by atoms with Crippen molar-refractivity contribution < 1.29 is 19.3 Å². The number of hydrogen-bond acceptors (Lipinski definition) is 4. The van der Waals surface area contributed by atoms with Crippen molar-refractivity contribution in [3.63, 3.8) is 0 Å². The number of unbranched alkanes of at least 4 members (excludes halogenated alkanes) is 1. The molecule has 0 aliphatic heterocycles. The van der Waals surface area contributed by atoms with Gasteiger partial charge in [-0.05, 0) is 19.8 Å². The van der Waals surface area contributed by atoms with E-state index in [4.69, 9.17) is 14.2 Å². The van der Waals surface area contributed by atoms with Crippen molar-refractivity contribution in [2.24, 2.45) is 0 Å². The Hall–Kier alpha value is -0.160. The molecular weight excluding hydrogens is 184 g/mol. The third-order valence-corrected chi connectivity index (χ3v) is 1.97. The van der Waals surface area contributed by atoms with Crippen molar-refractivity contribution >= 4 is 0 Å². The van der Waals surface area contributed by atoms with Crippen LogP contribution in [0.4, 0.5) is 0 Å². The zero-order chi connectivity index (χ0) is 11.0. The number of aliphatic hydroxyl groups is 1. The second-order valence-corrected chi connectivity index (χ2v) is 3.27. The molecule has 4 nitrogen and oxygen atoms in total. The fourth-order valence-electron chi connectivity index (χ4n) is 0.824. The van der Waals surface area contributed by atoms with Crippen LogP contribution < -0.4 is 0 Å². The van der Waals surface area contributed by atoms with Gasteiger partial charge in [-0.25, -0.2) is 0 Å². The SMILES string of the molecule is CCCCOC(O)(OC)OC(C)CC. The lowest BCUT2D eigenvalue weighted by Crippen LogP contribution is -2.40. The molecule has 0 heterocycles. The van der Waals surface area contributed by atoms with Gasteiger partial charge in [0.2, 0.25) is 0 Å². The van der Waals surface area contributed by atoms with Crippen LogP contribution in [0, 0.1) is 0 Å². The number of methoxy groups -OCH3 is 1. The molecule has 0 saturated carbocycles. The first kappa shape index (κ1) is 13.8. The molecule has 4 heteroatoms. The van der Waals surface area contributed by atoms with Gasteiger partial charge in [-0.15, -0.1) is 0 Å². The second kappa shape index (κ2) is 7.17. The molecule has 0 saturated heterocycles. The topological polar surface area (TPSA) is 47.9 Å². The normalized spacial score (nSPS) is 17.8. The molecule has 0 aliphatic carbocycles. The minimum absolute atomic E-state index is 0.0958. The van der Waals surface area contributed by atoms with Gasteiger partial charge in [-0.3, -0.25) is 0 Å². The van der Waals surface area contributed by atoms with Crippen molar-refractivity contribution in [1.82, 2.24) is 0 Å². The molecule has 1 N–H and O–H groups in total. The summed E-state index contributed by atoms with van der Waals surface area (Å²) in [6, 6.07) is 0. The van der Waals surface area contributed by atoms with Gasteiger partial charge in [0.15, 0.2) is 0 Å². The Bertz CT molecular complexity index is 140. The van der Waals surface area contributed by atoms with Crippen LogP contribution in [0.25, 0.3) is 0 Å². The third kappa shape index (κ3) is 5.54. The maximum absolute atomic E-state index is 9.68. The molecule has 0 aromatic carbocycles. The van der Waals surface area contributed by atoms with Crippen LogP contribution in [0.3, 0.4) is 0 Å². The van der Waals surface area contributed by atoms with Gasteiger partial charge in [0.25, 0.3) is 0 Å². The molecule has 0 aromatic heterocycles. The number of rotatable bonds is 8. The molecule has 86 valence electrons. The lowest BCUT2D eigenvalue weighted by atomic mass is 10.3. The zero-order valence-electron chi connectivity index (χ0n) is 9.58. The highest BCUT2D eigenvalue weighted by Gasteiger charge is 2.31. The van der Waals surface area contributed by atoms with E-state index in [1.165, 1.54) is 7.11 Å². The monoisotopic (exact) mass is 206 g/mol. The highest BCUT2D eigenvalue weighted by molar-refractivity contribution is 4.47. The summed E-state index contributed by atoms with van der Waals surface area (Å²) in [6.07, 6.45) is 0.688. The van der Waals surface area contributed by atoms with Crippen LogP contribution in [0.1, 0.15) is 40.0 Å². The highest BCUT2D eigenvalue weighted by Crippen LogP contribution is 2.15. The standard InChI is InChI=1S/C10H22O4/c1-5-7-8-13-10(11,12-4)14-9(3)6-2/h9,11H,5-8H2,1-4H3. The van der Waals surface area contributed by atoms with Crippen molar-refractivity contribution in [1.29, 1.82) is 0 Å².